The van der Waals surface area contributed by atoms with Gasteiger partial charge in [0.25, 0.3) is 0 Å². The minimum Gasteiger partial charge on any atom is -0.450 e. The molecule has 0 atom stereocenters. The first-order valence-corrected chi connectivity index (χ1v) is 6.94. The first-order chi connectivity index (χ1) is 9.69. The molecule has 0 bridgehead atoms. The Hall–Kier alpha value is -2.04. The second kappa shape index (κ2) is 6.93. The van der Waals surface area contributed by atoms with Crippen LogP contribution < -0.4 is 10.1 Å². The summed E-state index contributed by atoms with van der Waals surface area (Å²) in [7, 11) is 0. The van der Waals surface area contributed by atoms with E-state index in [0.717, 1.165) is 25.7 Å². The van der Waals surface area contributed by atoms with Crippen LogP contribution in [0.25, 0.3) is 0 Å². The predicted molar refractivity (Wildman–Crippen MR) is 74.7 cm³/mol. The monoisotopic (exact) mass is 277 g/mol. The van der Waals surface area contributed by atoms with Crippen molar-refractivity contribution in [3.63, 3.8) is 0 Å². The van der Waals surface area contributed by atoms with E-state index in [9.17, 15) is 9.59 Å². The molecule has 0 spiro atoms. The molecule has 20 heavy (non-hydrogen) atoms. The van der Waals surface area contributed by atoms with Crippen molar-refractivity contribution in [2.45, 2.75) is 32.6 Å². The van der Waals surface area contributed by atoms with E-state index in [1.54, 1.807) is 31.2 Å². The molecule has 1 aromatic carbocycles. The van der Waals surface area contributed by atoms with E-state index >= 15 is 0 Å². The molecule has 1 fully saturated rings. The van der Waals surface area contributed by atoms with E-state index in [1.165, 1.54) is 0 Å². The number of anilines is 1. The van der Waals surface area contributed by atoms with Crippen LogP contribution >= 0.6 is 0 Å². The highest BCUT2D eigenvalue weighted by Crippen LogP contribution is 2.27. The molecule has 0 unspecified atom stereocenters. The molecule has 108 valence electrons. The van der Waals surface area contributed by atoms with E-state index in [-0.39, 0.29) is 11.9 Å². The number of benzene rings is 1. The predicted octanol–water partition coefficient (Wildman–Crippen LogP) is 3.35. The van der Waals surface area contributed by atoms with Gasteiger partial charge in [0.05, 0.1) is 12.5 Å². The fourth-order valence-electron chi connectivity index (χ4n) is 2.28. The van der Waals surface area contributed by atoms with E-state index in [0.29, 0.717) is 18.0 Å². The van der Waals surface area contributed by atoms with E-state index in [4.69, 9.17) is 9.47 Å². The highest BCUT2D eigenvalue weighted by Gasteiger charge is 2.24. The SMILES string of the molecule is CCOC(=O)Nc1cccc(OC(=O)C2CCCC2)c1. The fraction of sp³-hybridized carbons (Fsp3) is 0.467. The Bertz CT molecular complexity index is 481. The molecule has 0 saturated heterocycles. The number of amides is 1. The summed E-state index contributed by atoms with van der Waals surface area (Å²) in [5.41, 5.74) is 0.542. The zero-order chi connectivity index (χ0) is 14.4. The first-order valence-electron chi connectivity index (χ1n) is 6.94. The normalized spacial score (nSPS) is 14.8. The average Bonchev–Trinajstić information content (AvgIpc) is 2.93. The van der Waals surface area contributed by atoms with Gasteiger partial charge in [-0.1, -0.05) is 18.9 Å². The Morgan fingerprint density at radius 1 is 1.30 bits per heavy atom. The van der Waals surface area contributed by atoms with Gasteiger partial charge in [-0.3, -0.25) is 10.1 Å². The zero-order valence-electron chi connectivity index (χ0n) is 11.6. The molecule has 0 aromatic heterocycles. The lowest BCUT2D eigenvalue weighted by molar-refractivity contribution is -0.138. The van der Waals surface area contributed by atoms with Gasteiger partial charge in [0.1, 0.15) is 5.75 Å². The van der Waals surface area contributed by atoms with Gasteiger partial charge in [-0.25, -0.2) is 4.79 Å². The molecule has 0 aliphatic heterocycles. The number of nitrogens with one attached hydrogen (secondary N) is 1. The van der Waals surface area contributed by atoms with Crippen molar-refractivity contribution < 1.29 is 19.1 Å². The Kier molecular flexibility index (Phi) is 4.98. The average molecular weight is 277 g/mol. The number of hydrogen-bond acceptors (Lipinski definition) is 4. The molecule has 1 aliphatic carbocycles. The van der Waals surface area contributed by atoms with Crippen molar-refractivity contribution in [3.05, 3.63) is 24.3 Å². The first kappa shape index (κ1) is 14.4. The fourth-order valence-corrected chi connectivity index (χ4v) is 2.28. The van der Waals surface area contributed by atoms with Crippen molar-refractivity contribution >= 4 is 17.7 Å². The summed E-state index contributed by atoms with van der Waals surface area (Å²) >= 11 is 0. The highest BCUT2D eigenvalue weighted by atomic mass is 16.5. The van der Waals surface area contributed by atoms with Gasteiger partial charge < -0.3 is 9.47 Å². The molecule has 1 aromatic rings. The highest BCUT2D eigenvalue weighted by molar-refractivity contribution is 5.85. The summed E-state index contributed by atoms with van der Waals surface area (Å²) in [4.78, 5) is 23.2. The molecule has 1 N–H and O–H groups in total. The van der Waals surface area contributed by atoms with Gasteiger partial charge in [-0.2, -0.15) is 0 Å². The molecule has 2 rings (SSSR count). The number of carbonyl (C=O) groups is 2. The lowest BCUT2D eigenvalue weighted by Crippen LogP contribution is -2.18. The van der Waals surface area contributed by atoms with Crippen LogP contribution in [0.5, 0.6) is 5.75 Å². The van der Waals surface area contributed by atoms with E-state index in [2.05, 4.69) is 5.32 Å². The van der Waals surface area contributed by atoms with Gasteiger partial charge in [-0.15, -0.1) is 0 Å². The molecule has 1 saturated carbocycles. The van der Waals surface area contributed by atoms with Crippen LogP contribution in [0.2, 0.25) is 0 Å². The number of rotatable bonds is 4. The van der Waals surface area contributed by atoms with Gasteiger partial charge in [-0.05, 0) is 31.9 Å². The van der Waals surface area contributed by atoms with Crippen molar-refractivity contribution in [2.24, 2.45) is 5.92 Å². The van der Waals surface area contributed by atoms with E-state index in [1.807, 2.05) is 0 Å². The van der Waals surface area contributed by atoms with Crippen LogP contribution in [-0.2, 0) is 9.53 Å². The van der Waals surface area contributed by atoms with Crippen LogP contribution in [0, 0.1) is 5.92 Å². The largest absolute Gasteiger partial charge is 0.450 e. The maximum absolute atomic E-state index is 11.9. The molecule has 5 nitrogen and oxygen atoms in total. The van der Waals surface area contributed by atoms with Crippen molar-refractivity contribution in [1.82, 2.24) is 0 Å². The second-order valence-electron chi connectivity index (χ2n) is 4.78. The molecule has 5 heteroatoms. The summed E-state index contributed by atoms with van der Waals surface area (Å²) in [6.07, 6.45) is 3.46. The lowest BCUT2D eigenvalue weighted by atomic mass is 10.1. The Labute approximate surface area is 118 Å². The number of hydrogen-bond donors (Lipinski definition) is 1. The van der Waals surface area contributed by atoms with Crippen molar-refractivity contribution in [1.29, 1.82) is 0 Å². The van der Waals surface area contributed by atoms with Gasteiger partial charge in [0.2, 0.25) is 0 Å². The van der Waals surface area contributed by atoms with Crippen LogP contribution in [0.15, 0.2) is 24.3 Å². The Morgan fingerprint density at radius 3 is 2.75 bits per heavy atom. The third-order valence-electron chi connectivity index (χ3n) is 3.26. The molecule has 0 heterocycles. The molecular formula is C15H19NO4. The third kappa shape index (κ3) is 3.98. The molecule has 1 aliphatic rings. The minimum absolute atomic E-state index is 0.0108. The van der Waals surface area contributed by atoms with Gasteiger partial charge in [0.15, 0.2) is 0 Å². The molecular weight excluding hydrogens is 258 g/mol. The topological polar surface area (TPSA) is 64.6 Å². The zero-order valence-corrected chi connectivity index (χ0v) is 11.6. The van der Waals surface area contributed by atoms with Crippen molar-refractivity contribution in [3.8, 4) is 5.75 Å². The van der Waals surface area contributed by atoms with Gasteiger partial charge in [0, 0.05) is 11.8 Å². The number of carbonyl (C=O) groups excluding carboxylic acids is 2. The molecule has 0 radical (unpaired) electrons. The lowest BCUT2D eigenvalue weighted by Gasteiger charge is -2.10. The molecule has 1 amide bonds. The quantitative estimate of drug-likeness (QED) is 0.677. The second-order valence-corrected chi connectivity index (χ2v) is 4.78. The van der Waals surface area contributed by atoms with Gasteiger partial charge >= 0.3 is 12.1 Å². The maximum Gasteiger partial charge on any atom is 0.411 e. The number of ether oxygens (including phenoxy) is 2. The van der Waals surface area contributed by atoms with Crippen LogP contribution in [0.1, 0.15) is 32.6 Å². The summed E-state index contributed by atoms with van der Waals surface area (Å²) in [5.74, 6) is 0.267. The Morgan fingerprint density at radius 2 is 2.05 bits per heavy atom. The third-order valence-corrected chi connectivity index (χ3v) is 3.26. The number of esters is 1. The van der Waals surface area contributed by atoms with E-state index < -0.39 is 6.09 Å². The summed E-state index contributed by atoms with van der Waals surface area (Å²) < 4.78 is 10.1. The summed E-state index contributed by atoms with van der Waals surface area (Å²) in [6.45, 7) is 2.04. The smallest absolute Gasteiger partial charge is 0.411 e. The van der Waals surface area contributed by atoms with Crippen LogP contribution in [0.3, 0.4) is 0 Å². The maximum atomic E-state index is 11.9. The van der Waals surface area contributed by atoms with Crippen LogP contribution in [-0.4, -0.2) is 18.7 Å². The summed E-state index contributed by atoms with van der Waals surface area (Å²) in [5, 5.41) is 2.57. The van der Waals surface area contributed by atoms with Crippen LogP contribution in [0.4, 0.5) is 10.5 Å². The van der Waals surface area contributed by atoms with Crippen molar-refractivity contribution in [2.75, 3.05) is 11.9 Å². The standard InChI is InChI=1S/C15H19NO4/c1-2-19-15(18)16-12-8-5-9-13(10-12)20-14(17)11-6-3-4-7-11/h5,8-11H,2-4,6-7H2,1H3,(H,16,18). The Balaban J connectivity index is 1.95. The minimum atomic E-state index is -0.522. The summed E-state index contributed by atoms with van der Waals surface area (Å²) in [6, 6.07) is 6.75.